The van der Waals surface area contributed by atoms with Crippen molar-refractivity contribution in [2.24, 2.45) is 0 Å². The standard InChI is InChI=1S/C12H16ClNO/c1-8(2)10-6-5-9(3)11(7-10)14(4)12(13)15/h5-8H,1-4H3. The molecule has 2 nitrogen and oxygen atoms in total. The van der Waals surface area contributed by atoms with E-state index in [2.05, 4.69) is 19.9 Å². The highest BCUT2D eigenvalue weighted by molar-refractivity contribution is 6.66. The fourth-order valence-corrected chi connectivity index (χ4v) is 1.53. The first-order valence-corrected chi connectivity index (χ1v) is 5.35. The third kappa shape index (κ3) is 2.72. The van der Waals surface area contributed by atoms with E-state index in [1.807, 2.05) is 19.1 Å². The van der Waals surface area contributed by atoms with Crippen LogP contribution >= 0.6 is 11.6 Å². The van der Waals surface area contributed by atoms with Gasteiger partial charge < -0.3 is 4.90 Å². The Bertz CT molecular complexity index is 374. The minimum Gasteiger partial charge on any atom is -0.302 e. The Hall–Kier alpha value is -1.02. The zero-order chi connectivity index (χ0) is 11.6. The number of halogens is 1. The maximum Gasteiger partial charge on any atom is 0.320 e. The van der Waals surface area contributed by atoms with Gasteiger partial charge in [0.05, 0.1) is 0 Å². The molecule has 1 aromatic rings. The maximum atomic E-state index is 11.1. The number of carbonyl (C=O) groups excluding carboxylic acids is 1. The maximum absolute atomic E-state index is 11.1. The molecule has 0 aliphatic heterocycles. The van der Waals surface area contributed by atoms with Crippen LogP contribution in [-0.2, 0) is 0 Å². The summed E-state index contributed by atoms with van der Waals surface area (Å²) >= 11 is 5.45. The number of hydrogen-bond acceptors (Lipinski definition) is 1. The van der Waals surface area contributed by atoms with Gasteiger partial charge in [-0.15, -0.1) is 0 Å². The Balaban J connectivity index is 3.16. The van der Waals surface area contributed by atoms with Gasteiger partial charge in [-0.05, 0) is 41.6 Å². The van der Waals surface area contributed by atoms with Crippen LogP contribution in [0.25, 0.3) is 0 Å². The molecule has 0 spiro atoms. The lowest BCUT2D eigenvalue weighted by Crippen LogP contribution is -2.20. The van der Waals surface area contributed by atoms with E-state index >= 15 is 0 Å². The summed E-state index contributed by atoms with van der Waals surface area (Å²) in [5.74, 6) is 0.447. The largest absolute Gasteiger partial charge is 0.320 e. The van der Waals surface area contributed by atoms with Crippen LogP contribution in [0.3, 0.4) is 0 Å². The second-order valence-corrected chi connectivity index (χ2v) is 4.34. The predicted molar refractivity (Wildman–Crippen MR) is 64.9 cm³/mol. The molecule has 0 radical (unpaired) electrons. The fourth-order valence-electron chi connectivity index (χ4n) is 1.44. The van der Waals surface area contributed by atoms with Crippen LogP contribution in [0.15, 0.2) is 18.2 Å². The van der Waals surface area contributed by atoms with Crippen LogP contribution in [0, 0.1) is 6.92 Å². The van der Waals surface area contributed by atoms with Gasteiger partial charge in [0.1, 0.15) is 0 Å². The van der Waals surface area contributed by atoms with Gasteiger partial charge in [0, 0.05) is 12.7 Å². The summed E-state index contributed by atoms with van der Waals surface area (Å²) in [6.07, 6.45) is 0. The molecule has 0 saturated heterocycles. The van der Waals surface area contributed by atoms with E-state index in [-0.39, 0.29) is 0 Å². The number of nitrogens with zero attached hydrogens (tertiary/aromatic N) is 1. The minimum atomic E-state index is -0.459. The average molecular weight is 226 g/mol. The van der Waals surface area contributed by atoms with Gasteiger partial charge in [0.25, 0.3) is 0 Å². The molecule has 0 aromatic heterocycles. The summed E-state index contributed by atoms with van der Waals surface area (Å²) in [6, 6.07) is 6.11. The molecule has 82 valence electrons. The Labute approximate surface area is 95.8 Å². The number of hydrogen-bond donors (Lipinski definition) is 0. The van der Waals surface area contributed by atoms with Crippen LogP contribution in [0.1, 0.15) is 30.9 Å². The third-order valence-corrected chi connectivity index (χ3v) is 2.78. The molecule has 0 aliphatic carbocycles. The van der Waals surface area contributed by atoms with Gasteiger partial charge in [-0.25, -0.2) is 0 Å². The molecule has 0 fully saturated rings. The average Bonchev–Trinajstić information content (AvgIpc) is 2.16. The Morgan fingerprint density at radius 3 is 2.47 bits per heavy atom. The van der Waals surface area contributed by atoms with Gasteiger partial charge in [0.15, 0.2) is 0 Å². The smallest absolute Gasteiger partial charge is 0.302 e. The highest BCUT2D eigenvalue weighted by Gasteiger charge is 2.11. The van der Waals surface area contributed by atoms with E-state index < -0.39 is 5.37 Å². The van der Waals surface area contributed by atoms with Crippen LogP contribution in [0.2, 0.25) is 0 Å². The van der Waals surface area contributed by atoms with Crippen molar-refractivity contribution in [3.8, 4) is 0 Å². The van der Waals surface area contributed by atoms with Gasteiger partial charge >= 0.3 is 5.37 Å². The third-order valence-electron chi connectivity index (χ3n) is 2.52. The first-order chi connectivity index (χ1) is 6.93. The van der Waals surface area contributed by atoms with Crippen molar-refractivity contribution >= 4 is 22.7 Å². The lowest BCUT2D eigenvalue weighted by Gasteiger charge is -2.18. The van der Waals surface area contributed by atoms with E-state index in [1.165, 1.54) is 10.5 Å². The van der Waals surface area contributed by atoms with Crippen molar-refractivity contribution in [1.82, 2.24) is 0 Å². The van der Waals surface area contributed by atoms with Crippen molar-refractivity contribution in [2.75, 3.05) is 11.9 Å². The molecule has 0 heterocycles. The zero-order valence-electron chi connectivity index (χ0n) is 9.54. The van der Waals surface area contributed by atoms with Crippen molar-refractivity contribution < 1.29 is 4.79 Å². The lowest BCUT2D eigenvalue weighted by molar-refractivity contribution is 0.265. The Morgan fingerprint density at radius 1 is 1.40 bits per heavy atom. The SMILES string of the molecule is Cc1ccc(C(C)C)cc1N(C)C(=O)Cl. The molecule has 0 saturated carbocycles. The van der Waals surface area contributed by atoms with Crippen LogP contribution in [0.4, 0.5) is 10.5 Å². The summed E-state index contributed by atoms with van der Waals surface area (Å²) in [5.41, 5.74) is 3.14. The number of amides is 1. The highest BCUT2D eigenvalue weighted by Crippen LogP contribution is 2.25. The highest BCUT2D eigenvalue weighted by atomic mass is 35.5. The monoisotopic (exact) mass is 225 g/mol. The summed E-state index contributed by atoms with van der Waals surface area (Å²) in [4.78, 5) is 12.5. The molecule has 1 rings (SSSR count). The summed E-state index contributed by atoms with van der Waals surface area (Å²) in [6.45, 7) is 6.21. The van der Waals surface area contributed by atoms with Crippen LogP contribution in [-0.4, -0.2) is 12.4 Å². The molecular weight excluding hydrogens is 210 g/mol. The number of aryl methyl sites for hydroxylation is 1. The second kappa shape index (κ2) is 4.67. The van der Waals surface area contributed by atoms with Crippen molar-refractivity contribution in [3.63, 3.8) is 0 Å². The van der Waals surface area contributed by atoms with Crippen LogP contribution in [0.5, 0.6) is 0 Å². The molecule has 0 unspecified atom stereocenters. The summed E-state index contributed by atoms with van der Waals surface area (Å²) in [5, 5.41) is -0.459. The quantitative estimate of drug-likeness (QED) is 0.552. The number of anilines is 1. The van der Waals surface area contributed by atoms with E-state index in [9.17, 15) is 4.79 Å². The first-order valence-electron chi connectivity index (χ1n) is 4.97. The van der Waals surface area contributed by atoms with Gasteiger partial charge in [0.2, 0.25) is 0 Å². The van der Waals surface area contributed by atoms with E-state index in [1.54, 1.807) is 7.05 Å². The molecule has 3 heteroatoms. The summed E-state index contributed by atoms with van der Waals surface area (Å²) < 4.78 is 0. The molecule has 0 atom stereocenters. The Kier molecular flexibility index (Phi) is 3.75. The molecule has 0 bridgehead atoms. The van der Waals surface area contributed by atoms with E-state index in [0.717, 1.165) is 11.3 Å². The fraction of sp³-hybridized carbons (Fsp3) is 0.417. The first kappa shape index (κ1) is 12.1. The predicted octanol–water partition coefficient (Wildman–Crippen LogP) is 3.91. The summed E-state index contributed by atoms with van der Waals surface area (Å²) in [7, 11) is 1.68. The number of rotatable bonds is 2. The van der Waals surface area contributed by atoms with Gasteiger partial charge in [-0.1, -0.05) is 26.0 Å². The molecule has 1 aromatic carbocycles. The van der Waals surface area contributed by atoms with E-state index in [0.29, 0.717) is 5.92 Å². The van der Waals surface area contributed by atoms with Crippen molar-refractivity contribution in [3.05, 3.63) is 29.3 Å². The molecule has 1 amide bonds. The second-order valence-electron chi connectivity index (χ2n) is 4.01. The van der Waals surface area contributed by atoms with Gasteiger partial charge in [-0.2, -0.15) is 0 Å². The van der Waals surface area contributed by atoms with Crippen molar-refractivity contribution in [1.29, 1.82) is 0 Å². The Morgan fingerprint density at radius 2 is 2.00 bits per heavy atom. The minimum absolute atomic E-state index is 0.447. The normalized spacial score (nSPS) is 10.5. The van der Waals surface area contributed by atoms with Crippen LogP contribution < -0.4 is 4.90 Å². The number of carbonyl (C=O) groups is 1. The molecule has 0 N–H and O–H groups in total. The topological polar surface area (TPSA) is 20.3 Å². The molecule has 0 aliphatic rings. The van der Waals surface area contributed by atoms with Gasteiger partial charge in [-0.3, -0.25) is 4.79 Å². The molecule has 15 heavy (non-hydrogen) atoms. The van der Waals surface area contributed by atoms with Crippen molar-refractivity contribution in [2.45, 2.75) is 26.7 Å². The lowest BCUT2D eigenvalue weighted by atomic mass is 10.0. The van der Waals surface area contributed by atoms with E-state index in [4.69, 9.17) is 11.6 Å². The number of benzene rings is 1. The molecular formula is C12H16ClNO. The zero-order valence-corrected chi connectivity index (χ0v) is 10.3.